The molecule has 6 heteroatoms. The van der Waals surface area contributed by atoms with E-state index in [1.165, 1.54) is 6.07 Å². The van der Waals surface area contributed by atoms with E-state index in [4.69, 9.17) is 21.1 Å². The second-order valence-corrected chi connectivity index (χ2v) is 7.40. The van der Waals surface area contributed by atoms with Crippen LogP contribution in [0, 0.1) is 0 Å². The van der Waals surface area contributed by atoms with Crippen molar-refractivity contribution >= 4 is 45.4 Å². The Kier molecular flexibility index (Phi) is 5.03. The highest BCUT2D eigenvalue weighted by molar-refractivity contribution is 9.10. The topological polar surface area (TPSA) is 52.6 Å². The Morgan fingerprint density at radius 2 is 1.71 bits per heavy atom. The van der Waals surface area contributed by atoms with Crippen LogP contribution < -0.4 is 9.47 Å². The molecular weight excluding hydrogens is 444 g/mol. The number of carbonyl (C=O) groups excluding carboxylic acids is 2. The molecule has 0 fully saturated rings. The van der Waals surface area contributed by atoms with Crippen LogP contribution in [-0.2, 0) is 0 Å². The predicted molar refractivity (Wildman–Crippen MR) is 110 cm³/mol. The van der Waals surface area contributed by atoms with Crippen LogP contribution in [0.15, 0.2) is 77.0 Å². The minimum atomic E-state index is -0.492. The smallest absolute Gasteiger partial charge is 0.343 e. The van der Waals surface area contributed by atoms with Gasteiger partial charge in [-0.1, -0.05) is 39.7 Å². The quantitative estimate of drug-likeness (QED) is 0.279. The molecule has 0 radical (unpaired) electrons. The maximum absolute atomic E-state index is 12.5. The number of benzene rings is 3. The van der Waals surface area contributed by atoms with Gasteiger partial charge in [-0.05, 0) is 60.2 Å². The summed E-state index contributed by atoms with van der Waals surface area (Å²) >= 11 is 9.20. The Morgan fingerprint density at radius 3 is 2.43 bits per heavy atom. The average Bonchev–Trinajstić information content (AvgIpc) is 2.99. The zero-order chi connectivity index (χ0) is 19.7. The first-order valence-electron chi connectivity index (χ1n) is 8.31. The molecule has 0 aromatic heterocycles. The number of rotatable bonds is 3. The number of carbonyl (C=O) groups is 2. The summed E-state index contributed by atoms with van der Waals surface area (Å²) in [5, 5.41) is 0.612. The van der Waals surface area contributed by atoms with Crippen molar-refractivity contribution in [1.29, 1.82) is 0 Å². The van der Waals surface area contributed by atoms with E-state index in [1.807, 2.05) is 0 Å². The van der Waals surface area contributed by atoms with Crippen molar-refractivity contribution in [3.8, 4) is 11.5 Å². The van der Waals surface area contributed by atoms with E-state index in [1.54, 1.807) is 66.7 Å². The molecule has 4 rings (SSSR count). The van der Waals surface area contributed by atoms with E-state index < -0.39 is 5.97 Å². The standard InChI is InChI=1S/C22H12BrClO4/c23-15-5-3-14(4-6-15)22(26)27-17-9-10-18-19(12-17)28-20(21(18)25)11-13-1-7-16(24)8-2-13/h1-12H/b20-11-. The third kappa shape index (κ3) is 3.86. The number of hydrogen-bond donors (Lipinski definition) is 0. The molecule has 1 aliphatic rings. The highest BCUT2D eigenvalue weighted by Crippen LogP contribution is 2.35. The maximum Gasteiger partial charge on any atom is 0.343 e. The van der Waals surface area contributed by atoms with E-state index >= 15 is 0 Å². The SMILES string of the molecule is O=C(Oc1ccc2c(c1)O/C(=C\c1ccc(Cl)cc1)C2=O)c1ccc(Br)cc1. The van der Waals surface area contributed by atoms with Gasteiger partial charge in [0, 0.05) is 15.6 Å². The second kappa shape index (κ2) is 7.62. The fraction of sp³-hybridized carbons (Fsp3) is 0. The van der Waals surface area contributed by atoms with Gasteiger partial charge >= 0.3 is 5.97 Å². The van der Waals surface area contributed by atoms with Crippen molar-refractivity contribution in [2.45, 2.75) is 0 Å². The Hall–Kier alpha value is -2.89. The van der Waals surface area contributed by atoms with Crippen LogP contribution in [0.1, 0.15) is 26.3 Å². The number of ether oxygens (including phenoxy) is 2. The Balaban J connectivity index is 1.54. The third-order valence-electron chi connectivity index (χ3n) is 4.10. The molecule has 0 N–H and O–H groups in total. The van der Waals surface area contributed by atoms with Gasteiger partial charge in [0.15, 0.2) is 5.76 Å². The van der Waals surface area contributed by atoms with Gasteiger partial charge in [-0.3, -0.25) is 4.79 Å². The van der Waals surface area contributed by atoms with Crippen molar-refractivity contribution in [2.75, 3.05) is 0 Å². The lowest BCUT2D eigenvalue weighted by molar-refractivity contribution is 0.0734. The van der Waals surface area contributed by atoms with Crippen LogP contribution in [0.3, 0.4) is 0 Å². The van der Waals surface area contributed by atoms with E-state index in [9.17, 15) is 9.59 Å². The van der Waals surface area contributed by atoms with Crippen molar-refractivity contribution in [3.05, 3.63) is 98.7 Å². The Bertz CT molecular complexity index is 1100. The van der Waals surface area contributed by atoms with E-state index in [-0.39, 0.29) is 11.5 Å². The molecule has 3 aromatic rings. The molecule has 3 aromatic carbocycles. The highest BCUT2D eigenvalue weighted by Gasteiger charge is 2.28. The average molecular weight is 456 g/mol. The van der Waals surface area contributed by atoms with Gasteiger partial charge in [-0.15, -0.1) is 0 Å². The van der Waals surface area contributed by atoms with Gasteiger partial charge in [0.2, 0.25) is 5.78 Å². The van der Waals surface area contributed by atoms with Crippen molar-refractivity contribution in [1.82, 2.24) is 0 Å². The van der Waals surface area contributed by atoms with E-state index in [2.05, 4.69) is 15.9 Å². The molecule has 0 atom stereocenters. The number of esters is 1. The van der Waals surface area contributed by atoms with Gasteiger partial charge in [-0.2, -0.15) is 0 Å². The lowest BCUT2D eigenvalue weighted by Crippen LogP contribution is -2.08. The summed E-state index contributed by atoms with van der Waals surface area (Å²) < 4.78 is 11.9. The lowest BCUT2D eigenvalue weighted by Gasteiger charge is -2.06. The van der Waals surface area contributed by atoms with Gasteiger partial charge in [0.05, 0.1) is 11.1 Å². The molecule has 1 aliphatic heterocycles. The van der Waals surface area contributed by atoms with Gasteiger partial charge in [-0.25, -0.2) is 4.79 Å². The predicted octanol–water partition coefficient (Wildman–Crippen LogP) is 5.94. The molecule has 0 spiro atoms. The minimum Gasteiger partial charge on any atom is -0.452 e. The summed E-state index contributed by atoms with van der Waals surface area (Å²) in [5.41, 5.74) is 1.63. The molecule has 0 amide bonds. The van der Waals surface area contributed by atoms with Crippen molar-refractivity contribution in [2.24, 2.45) is 0 Å². The van der Waals surface area contributed by atoms with Gasteiger partial charge in [0.25, 0.3) is 0 Å². The zero-order valence-corrected chi connectivity index (χ0v) is 16.7. The molecular formula is C22H12BrClO4. The number of ketones is 1. The van der Waals surface area contributed by atoms with Gasteiger partial charge < -0.3 is 9.47 Å². The van der Waals surface area contributed by atoms with Crippen LogP contribution in [0.25, 0.3) is 6.08 Å². The molecule has 0 unspecified atom stereocenters. The van der Waals surface area contributed by atoms with E-state index in [0.717, 1.165) is 10.0 Å². The van der Waals surface area contributed by atoms with Crippen LogP contribution in [0.4, 0.5) is 0 Å². The number of fused-ring (bicyclic) bond motifs is 1. The minimum absolute atomic E-state index is 0.203. The largest absolute Gasteiger partial charge is 0.452 e. The van der Waals surface area contributed by atoms with Crippen LogP contribution in [0.5, 0.6) is 11.5 Å². The summed E-state index contributed by atoms with van der Waals surface area (Å²) in [6.45, 7) is 0. The molecule has 0 saturated carbocycles. The lowest BCUT2D eigenvalue weighted by atomic mass is 10.1. The number of Topliss-reactive ketones (excluding diaryl/α,β-unsaturated/α-hetero) is 1. The third-order valence-corrected chi connectivity index (χ3v) is 4.88. The summed E-state index contributed by atoms with van der Waals surface area (Å²) in [7, 11) is 0. The molecule has 0 saturated heterocycles. The first-order valence-corrected chi connectivity index (χ1v) is 9.48. The molecule has 0 bridgehead atoms. The summed E-state index contributed by atoms with van der Waals surface area (Å²) in [6.07, 6.45) is 1.65. The molecule has 0 aliphatic carbocycles. The number of allylic oxidation sites excluding steroid dienone is 1. The van der Waals surface area contributed by atoms with Crippen LogP contribution in [-0.4, -0.2) is 11.8 Å². The van der Waals surface area contributed by atoms with Crippen LogP contribution in [0.2, 0.25) is 5.02 Å². The summed E-state index contributed by atoms with van der Waals surface area (Å²) in [6, 6.07) is 18.6. The zero-order valence-electron chi connectivity index (χ0n) is 14.3. The number of halogens is 2. The summed E-state index contributed by atoms with van der Waals surface area (Å²) in [4.78, 5) is 24.8. The number of hydrogen-bond acceptors (Lipinski definition) is 4. The van der Waals surface area contributed by atoms with Gasteiger partial charge in [0.1, 0.15) is 11.5 Å². The second-order valence-electron chi connectivity index (χ2n) is 6.05. The fourth-order valence-electron chi connectivity index (χ4n) is 2.69. The monoisotopic (exact) mass is 454 g/mol. The van der Waals surface area contributed by atoms with Crippen molar-refractivity contribution < 1.29 is 19.1 Å². The van der Waals surface area contributed by atoms with Crippen LogP contribution >= 0.6 is 27.5 Å². The normalized spacial score (nSPS) is 13.9. The first kappa shape index (κ1) is 18.5. The molecule has 4 nitrogen and oxygen atoms in total. The maximum atomic E-state index is 12.5. The molecule has 1 heterocycles. The first-order chi connectivity index (χ1) is 13.5. The van der Waals surface area contributed by atoms with E-state index in [0.29, 0.717) is 27.6 Å². The Morgan fingerprint density at radius 1 is 1.00 bits per heavy atom. The summed E-state index contributed by atoms with van der Waals surface area (Å²) in [5.74, 6) is 0.136. The fourth-order valence-corrected chi connectivity index (χ4v) is 3.08. The highest BCUT2D eigenvalue weighted by atomic mass is 79.9. The molecule has 28 heavy (non-hydrogen) atoms. The van der Waals surface area contributed by atoms with Crippen molar-refractivity contribution in [3.63, 3.8) is 0 Å². The Labute approximate surface area is 174 Å². The molecule has 138 valence electrons.